The van der Waals surface area contributed by atoms with E-state index in [0.717, 1.165) is 15.5 Å². The zero-order valence-corrected chi connectivity index (χ0v) is 12.9. The summed E-state index contributed by atoms with van der Waals surface area (Å²) >= 11 is 1.47. The Morgan fingerprint density at radius 1 is 1.23 bits per heavy atom. The van der Waals surface area contributed by atoms with Gasteiger partial charge in [0.25, 0.3) is 5.69 Å². The van der Waals surface area contributed by atoms with Crippen molar-refractivity contribution >= 4 is 23.7 Å². The first kappa shape index (κ1) is 15.8. The van der Waals surface area contributed by atoms with Crippen LogP contribution in [0.4, 0.5) is 5.69 Å². The molecule has 6 nitrogen and oxygen atoms in total. The number of hydrogen-bond donors (Lipinski definition) is 0. The highest BCUT2D eigenvalue weighted by Crippen LogP contribution is 2.33. The van der Waals surface area contributed by atoms with E-state index < -0.39 is 4.92 Å². The van der Waals surface area contributed by atoms with Crippen molar-refractivity contribution in [3.63, 3.8) is 0 Å². The summed E-state index contributed by atoms with van der Waals surface area (Å²) < 4.78 is 5.19. The Morgan fingerprint density at radius 3 is 2.73 bits per heavy atom. The Morgan fingerprint density at radius 2 is 2.05 bits per heavy atom. The van der Waals surface area contributed by atoms with Gasteiger partial charge < -0.3 is 9.57 Å². The summed E-state index contributed by atoms with van der Waals surface area (Å²) in [7, 11) is 3.02. The van der Waals surface area contributed by atoms with Crippen LogP contribution in [-0.4, -0.2) is 25.4 Å². The lowest BCUT2D eigenvalue weighted by atomic mass is 10.2. The van der Waals surface area contributed by atoms with E-state index in [4.69, 9.17) is 4.74 Å². The average molecular weight is 318 g/mol. The number of non-ortho nitro benzene ring substituents is 1. The molecule has 0 heterocycles. The minimum atomic E-state index is -0.440. The van der Waals surface area contributed by atoms with Gasteiger partial charge in [-0.25, -0.2) is 0 Å². The van der Waals surface area contributed by atoms with E-state index in [1.165, 1.54) is 37.2 Å². The largest absolute Gasteiger partial charge is 0.497 e. The third-order valence-electron chi connectivity index (χ3n) is 2.77. The molecule has 2 aromatic carbocycles. The van der Waals surface area contributed by atoms with Gasteiger partial charge in [-0.2, -0.15) is 0 Å². The number of nitro benzene ring substituents is 1. The highest BCUT2D eigenvalue weighted by atomic mass is 32.2. The number of nitrogens with zero attached hydrogens (tertiary/aromatic N) is 2. The minimum absolute atomic E-state index is 0.00699. The third kappa shape index (κ3) is 3.98. The second-order valence-corrected chi connectivity index (χ2v) is 5.29. The molecule has 0 amide bonds. The van der Waals surface area contributed by atoms with Crippen molar-refractivity contribution < 1.29 is 14.5 Å². The number of oxime groups is 1. The number of methoxy groups -OCH3 is 1. The van der Waals surface area contributed by atoms with Crippen LogP contribution in [0.2, 0.25) is 0 Å². The van der Waals surface area contributed by atoms with Gasteiger partial charge in [-0.3, -0.25) is 10.1 Å². The van der Waals surface area contributed by atoms with Gasteiger partial charge in [0.2, 0.25) is 0 Å². The predicted molar refractivity (Wildman–Crippen MR) is 84.8 cm³/mol. The standard InChI is InChI=1S/C15H14N2O4S/c1-20-13-4-3-5-14(9-13)22-15-7-6-12(17(18)19)8-11(15)10-16-21-2/h3-10H,1-2H3/b16-10-. The average Bonchev–Trinajstić information content (AvgIpc) is 2.54. The maximum atomic E-state index is 10.9. The fourth-order valence-corrected chi connectivity index (χ4v) is 2.69. The van der Waals surface area contributed by atoms with E-state index in [0.29, 0.717) is 5.56 Å². The fraction of sp³-hybridized carbons (Fsp3) is 0.133. The monoisotopic (exact) mass is 318 g/mol. The molecule has 0 aromatic heterocycles. The number of benzene rings is 2. The number of hydrogen-bond acceptors (Lipinski definition) is 6. The summed E-state index contributed by atoms with van der Waals surface area (Å²) in [5, 5.41) is 14.6. The molecule has 0 aliphatic carbocycles. The Labute approximate surface area is 131 Å². The van der Waals surface area contributed by atoms with Crippen molar-refractivity contribution in [3.8, 4) is 5.75 Å². The van der Waals surface area contributed by atoms with E-state index in [1.54, 1.807) is 13.2 Å². The minimum Gasteiger partial charge on any atom is -0.497 e. The van der Waals surface area contributed by atoms with Crippen LogP contribution in [0.25, 0.3) is 0 Å². The van der Waals surface area contributed by atoms with E-state index in [2.05, 4.69) is 9.99 Å². The van der Waals surface area contributed by atoms with E-state index in [9.17, 15) is 10.1 Å². The van der Waals surface area contributed by atoms with Crippen molar-refractivity contribution in [2.24, 2.45) is 5.16 Å². The summed E-state index contributed by atoms with van der Waals surface area (Å²) in [5.74, 6) is 0.749. The first-order valence-corrected chi connectivity index (χ1v) is 7.12. The SMILES string of the molecule is CO/N=C\c1cc([N+](=O)[O-])ccc1Sc1cccc(OC)c1. The molecule has 2 rings (SSSR count). The number of nitro groups is 1. The molecule has 22 heavy (non-hydrogen) atoms. The molecule has 0 fully saturated rings. The molecule has 0 saturated carbocycles. The maximum Gasteiger partial charge on any atom is 0.270 e. The Kier molecular flexibility index (Phi) is 5.37. The summed E-state index contributed by atoms with van der Waals surface area (Å²) in [6.45, 7) is 0. The van der Waals surface area contributed by atoms with Gasteiger partial charge in [-0.05, 0) is 24.3 Å². The van der Waals surface area contributed by atoms with Crippen molar-refractivity contribution in [2.45, 2.75) is 9.79 Å². The predicted octanol–water partition coefficient (Wildman–Crippen LogP) is 3.73. The first-order valence-electron chi connectivity index (χ1n) is 6.31. The maximum absolute atomic E-state index is 10.9. The smallest absolute Gasteiger partial charge is 0.270 e. The summed E-state index contributed by atoms with van der Waals surface area (Å²) in [5.41, 5.74) is 0.622. The second kappa shape index (κ2) is 7.46. The molecule has 2 aromatic rings. The fourth-order valence-electron chi connectivity index (χ4n) is 1.74. The Balaban J connectivity index is 2.36. The zero-order chi connectivity index (χ0) is 15.9. The molecule has 0 N–H and O–H groups in total. The first-order chi connectivity index (χ1) is 10.6. The molecule has 0 aliphatic rings. The molecule has 7 heteroatoms. The quantitative estimate of drug-likeness (QED) is 0.461. The van der Waals surface area contributed by atoms with Gasteiger partial charge in [-0.1, -0.05) is 23.0 Å². The van der Waals surface area contributed by atoms with E-state index in [-0.39, 0.29) is 5.69 Å². The van der Waals surface area contributed by atoms with Crippen LogP contribution in [0.1, 0.15) is 5.56 Å². The van der Waals surface area contributed by atoms with Crippen molar-refractivity contribution in [2.75, 3.05) is 14.2 Å². The van der Waals surface area contributed by atoms with E-state index >= 15 is 0 Å². The van der Waals surface area contributed by atoms with Gasteiger partial charge in [-0.15, -0.1) is 0 Å². The third-order valence-corrected chi connectivity index (χ3v) is 3.85. The lowest BCUT2D eigenvalue weighted by Crippen LogP contribution is -1.93. The van der Waals surface area contributed by atoms with Crippen LogP contribution in [0, 0.1) is 10.1 Å². The van der Waals surface area contributed by atoms with E-state index in [1.807, 2.05) is 24.3 Å². The number of ether oxygens (including phenoxy) is 1. The highest BCUT2D eigenvalue weighted by Gasteiger charge is 2.11. The summed E-state index contributed by atoms with van der Waals surface area (Å²) in [4.78, 5) is 16.9. The summed E-state index contributed by atoms with van der Waals surface area (Å²) in [6.07, 6.45) is 1.45. The van der Waals surface area contributed by atoms with Crippen LogP contribution >= 0.6 is 11.8 Å². The highest BCUT2D eigenvalue weighted by molar-refractivity contribution is 7.99. The number of rotatable bonds is 6. The van der Waals surface area contributed by atoms with Crippen LogP contribution in [0.5, 0.6) is 5.75 Å². The molecule has 0 aliphatic heterocycles. The van der Waals surface area contributed by atoms with Crippen LogP contribution in [0.3, 0.4) is 0 Å². The van der Waals surface area contributed by atoms with Gasteiger partial charge >= 0.3 is 0 Å². The van der Waals surface area contributed by atoms with Gasteiger partial charge in [0.05, 0.1) is 18.2 Å². The van der Waals surface area contributed by atoms with Crippen LogP contribution in [-0.2, 0) is 4.84 Å². The van der Waals surface area contributed by atoms with Crippen molar-refractivity contribution in [1.82, 2.24) is 0 Å². The van der Waals surface area contributed by atoms with Crippen molar-refractivity contribution in [3.05, 3.63) is 58.1 Å². The molecule has 114 valence electrons. The Bertz CT molecular complexity index is 704. The van der Waals surface area contributed by atoms with Gasteiger partial charge in [0, 0.05) is 27.5 Å². The molecule has 0 radical (unpaired) electrons. The van der Waals surface area contributed by atoms with Gasteiger partial charge in [0.1, 0.15) is 12.9 Å². The molecule has 0 unspecified atom stereocenters. The zero-order valence-electron chi connectivity index (χ0n) is 12.1. The van der Waals surface area contributed by atoms with Crippen LogP contribution < -0.4 is 4.74 Å². The molecule has 0 atom stereocenters. The van der Waals surface area contributed by atoms with Gasteiger partial charge in [0.15, 0.2) is 0 Å². The molecule has 0 saturated heterocycles. The molecule has 0 bridgehead atoms. The normalized spacial score (nSPS) is 10.6. The van der Waals surface area contributed by atoms with Crippen molar-refractivity contribution in [1.29, 1.82) is 0 Å². The molecular formula is C15H14N2O4S. The van der Waals surface area contributed by atoms with Crippen LogP contribution in [0.15, 0.2) is 57.4 Å². The topological polar surface area (TPSA) is 74.0 Å². The lowest BCUT2D eigenvalue weighted by Gasteiger charge is -2.07. The second-order valence-electron chi connectivity index (χ2n) is 4.18. The summed E-state index contributed by atoms with van der Waals surface area (Å²) in [6, 6.07) is 12.2. The molecular weight excluding hydrogens is 304 g/mol. The Hall–Kier alpha value is -2.54. The lowest BCUT2D eigenvalue weighted by molar-refractivity contribution is -0.384. The molecule has 0 spiro atoms.